The van der Waals surface area contributed by atoms with Crippen LogP contribution in [-0.2, 0) is 0 Å². The number of carbonyl (C=O) groups is 1. The number of urea groups is 1. The van der Waals surface area contributed by atoms with Crippen molar-refractivity contribution < 1.29 is 13.9 Å². The van der Waals surface area contributed by atoms with Gasteiger partial charge in [0.15, 0.2) is 0 Å². The molecule has 1 aliphatic rings. The Bertz CT molecular complexity index is 474. The zero-order valence-corrected chi connectivity index (χ0v) is 13.4. The van der Waals surface area contributed by atoms with E-state index in [2.05, 4.69) is 0 Å². The maximum Gasteiger partial charge on any atom is 0.319 e. The van der Waals surface area contributed by atoms with E-state index in [-0.39, 0.29) is 11.8 Å². The van der Waals surface area contributed by atoms with Gasteiger partial charge in [-0.15, -0.1) is 0 Å². The first-order chi connectivity index (χ1) is 10.6. The molecule has 0 N–H and O–H groups in total. The Morgan fingerprint density at radius 2 is 2.00 bits per heavy atom. The molecule has 1 heterocycles. The molecule has 1 unspecified atom stereocenters. The number of nitrogens with zero attached hydrogens (tertiary/aromatic N) is 2. The molecule has 22 heavy (non-hydrogen) atoms. The third-order valence-electron chi connectivity index (χ3n) is 4.12. The summed E-state index contributed by atoms with van der Waals surface area (Å²) in [6, 6.07) is 6.18. The summed E-state index contributed by atoms with van der Waals surface area (Å²) in [5, 5.41) is 0. The van der Waals surface area contributed by atoms with E-state index in [4.69, 9.17) is 4.74 Å². The average molecular weight is 308 g/mol. The van der Waals surface area contributed by atoms with Gasteiger partial charge in [0.05, 0.1) is 6.61 Å². The van der Waals surface area contributed by atoms with Crippen LogP contribution in [-0.4, -0.2) is 48.6 Å². The molecule has 2 rings (SSSR count). The van der Waals surface area contributed by atoms with Crippen LogP contribution in [0.15, 0.2) is 24.3 Å². The van der Waals surface area contributed by atoms with Gasteiger partial charge < -0.3 is 14.5 Å². The lowest BCUT2D eigenvalue weighted by Crippen LogP contribution is -2.48. The smallest absolute Gasteiger partial charge is 0.319 e. The van der Waals surface area contributed by atoms with Crippen LogP contribution < -0.4 is 4.74 Å². The second-order valence-corrected chi connectivity index (χ2v) is 5.67. The molecule has 2 amide bonds. The molecule has 0 radical (unpaired) electrons. The third kappa shape index (κ3) is 4.36. The van der Waals surface area contributed by atoms with E-state index in [1.807, 2.05) is 23.6 Å². The van der Waals surface area contributed by atoms with Crippen molar-refractivity contribution in [2.75, 3.05) is 32.8 Å². The predicted molar refractivity (Wildman–Crippen MR) is 84.5 cm³/mol. The molecule has 1 aromatic rings. The minimum atomic E-state index is -0.263. The normalized spacial score (nSPS) is 18.1. The summed E-state index contributed by atoms with van der Waals surface area (Å²) in [4.78, 5) is 16.2. The van der Waals surface area contributed by atoms with Crippen LogP contribution >= 0.6 is 0 Å². The Balaban J connectivity index is 1.85. The fourth-order valence-corrected chi connectivity index (χ4v) is 2.81. The van der Waals surface area contributed by atoms with Crippen molar-refractivity contribution in [3.63, 3.8) is 0 Å². The van der Waals surface area contributed by atoms with Crippen molar-refractivity contribution in [1.29, 1.82) is 0 Å². The van der Waals surface area contributed by atoms with Gasteiger partial charge in [-0.1, -0.05) is 0 Å². The lowest BCUT2D eigenvalue weighted by molar-refractivity contribution is 0.114. The summed E-state index contributed by atoms with van der Waals surface area (Å²) < 4.78 is 18.6. The number of hydrogen-bond acceptors (Lipinski definition) is 2. The second kappa shape index (κ2) is 8.01. The highest BCUT2D eigenvalue weighted by atomic mass is 19.1. The van der Waals surface area contributed by atoms with Crippen molar-refractivity contribution >= 4 is 6.03 Å². The van der Waals surface area contributed by atoms with Gasteiger partial charge in [0.2, 0.25) is 0 Å². The summed E-state index contributed by atoms with van der Waals surface area (Å²) >= 11 is 0. The Labute approximate surface area is 131 Å². The molecule has 0 saturated carbocycles. The van der Waals surface area contributed by atoms with Gasteiger partial charge in [-0.25, -0.2) is 9.18 Å². The lowest BCUT2D eigenvalue weighted by Gasteiger charge is -2.35. The van der Waals surface area contributed by atoms with Gasteiger partial charge in [0.25, 0.3) is 0 Å². The monoisotopic (exact) mass is 308 g/mol. The molecule has 1 atom stereocenters. The highest BCUT2D eigenvalue weighted by Gasteiger charge is 2.26. The molecule has 1 fully saturated rings. The first-order valence-corrected chi connectivity index (χ1v) is 8.06. The van der Waals surface area contributed by atoms with Crippen LogP contribution in [0.3, 0.4) is 0 Å². The molecule has 1 saturated heterocycles. The molecule has 0 aromatic heterocycles. The molecule has 1 aromatic carbocycles. The number of piperidine rings is 1. The Kier molecular flexibility index (Phi) is 6.04. The quantitative estimate of drug-likeness (QED) is 0.835. The van der Waals surface area contributed by atoms with Crippen LogP contribution in [0.5, 0.6) is 5.75 Å². The standard InChI is InChI=1S/C17H25FN2O2/c1-3-19(4-2)17(21)20-11-5-6-14(12-20)13-22-16-9-7-15(18)8-10-16/h7-10,14H,3-6,11-13H2,1-2H3. The van der Waals surface area contributed by atoms with E-state index in [1.54, 1.807) is 12.1 Å². The summed E-state index contributed by atoms with van der Waals surface area (Å²) in [5.41, 5.74) is 0. The van der Waals surface area contributed by atoms with Crippen LogP contribution in [0, 0.1) is 11.7 Å². The van der Waals surface area contributed by atoms with Crippen molar-refractivity contribution in [1.82, 2.24) is 9.80 Å². The highest BCUT2D eigenvalue weighted by Crippen LogP contribution is 2.20. The first-order valence-electron chi connectivity index (χ1n) is 8.06. The molecule has 0 aliphatic carbocycles. The van der Waals surface area contributed by atoms with E-state index in [0.717, 1.165) is 39.0 Å². The zero-order chi connectivity index (χ0) is 15.9. The van der Waals surface area contributed by atoms with Gasteiger partial charge in [-0.2, -0.15) is 0 Å². The lowest BCUT2D eigenvalue weighted by atomic mass is 9.99. The predicted octanol–water partition coefficient (Wildman–Crippen LogP) is 3.38. The fourth-order valence-electron chi connectivity index (χ4n) is 2.81. The third-order valence-corrected chi connectivity index (χ3v) is 4.12. The summed E-state index contributed by atoms with van der Waals surface area (Å²) in [7, 11) is 0. The van der Waals surface area contributed by atoms with Crippen LogP contribution in [0.25, 0.3) is 0 Å². The molecule has 0 bridgehead atoms. The Morgan fingerprint density at radius 1 is 1.32 bits per heavy atom. The fraction of sp³-hybridized carbons (Fsp3) is 0.588. The van der Waals surface area contributed by atoms with Crippen molar-refractivity contribution in [3.8, 4) is 5.75 Å². The molecular formula is C17H25FN2O2. The molecular weight excluding hydrogens is 283 g/mol. The first kappa shape index (κ1) is 16.6. The van der Waals surface area contributed by atoms with Gasteiger partial charge in [0.1, 0.15) is 11.6 Å². The number of likely N-dealkylation sites (tertiary alicyclic amines) is 1. The van der Waals surface area contributed by atoms with E-state index in [0.29, 0.717) is 18.3 Å². The van der Waals surface area contributed by atoms with Gasteiger partial charge in [-0.05, 0) is 51.0 Å². The second-order valence-electron chi connectivity index (χ2n) is 5.67. The number of rotatable bonds is 5. The van der Waals surface area contributed by atoms with Gasteiger partial charge >= 0.3 is 6.03 Å². The molecule has 0 spiro atoms. The number of amides is 2. The van der Waals surface area contributed by atoms with Crippen molar-refractivity contribution in [3.05, 3.63) is 30.1 Å². The van der Waals surface area contributed by atoms with Crippen molar-refractivity contribution in [2.24, 2.45) is 5.92 Å². The summed E-state index contributed by atoms with van der Waals surface area (Å²) in [5.74, 6) is 0.743. The summed E-state index contributed by atoms with van der Waals surface area (Å²) in [6.45, 7) is 7.60. The molecule has 5 heteroatoms. The maximum atomic E-state index is 12.9. The minimum Gasteiger partial charge on any atom is -0.493 e. The number of benzene rings is 1. The Hall–Kier alpha value is -1.78. The SMILES string of the molecule is CCN(CC)C(=O)N1CCCC(COc2ccc(F)cc2)C1. The highest BCUT2D eigenvalue weighted by molar-refractivity contribution is 5.74. The van der Waals surface area contributed by atoms with E-state index < -0.39 is 0 Å². The zero-order valence-electron chi connectivity index (χ0n) is 13.4. The maximum absolute atomic E-state index is 12.9. The number of hydrogen-bond donors (Lipinski definition) is 0. The van der Waals surface area contributed by atoms with E-state index in [1.165, 1.54) is 12.1 Å². The minimum absolute atomic E-state index is 0.122. The van der Waals surface area contributed by atoms with E-state index in [9.17, 15) is 9.18 Å². The number of ether oxygens (including phenoxy) is 1. The number of halogens is 1. The van der Waals surface area contributed by atoms with E-state index >= 15 is 0 Å². The largest absolute Gasteiger partial charge is 0.493 e. The average Bonchev–Trinajstić information content (AvgIpc) is 2.55. The van der Waals surface area contributed by atoms with Gasteiger partial charge in [0, 0.05) is 32.1 Å². The molecule has 122 valence electrons. The van der Waals surface area contributed by atoms with Crippen LogP contribution in [0.1, 0.15) is 26.7 Å². The van der Waals surface area contributed by atoms with Crippen LogP contribution in [0.2, 0.25) is 0 Å². The molecule has 1 aliphatic heterocycles. The number of carbonyl (C=O) groups excluding carboxylic acids is 1. The topological polar surface area (TPSA) is 32.8 Å². The van der Waals surface area contributed by atoms with Crippen LogP contribution in [0.4, 0.5) is 9.18 Å². The van der Waals surface area contributed by atoms with Gasteiger partial charge in [-0.3, -0.25) is 0 Å². The summed E-state index contributed by atoms with van der Waals surface area (Å²) in [6.07, 6.45) is 2.06. The molecule has 4 nitrogen and oxygen atoms in total. The van der Waals surface area contributed by atoms with Crippen molar-refractivity contribution in [2.45, 2.75) is 26.7 Å². The Morgan fingerprint density at radius 3 is 2.64 bits per heavy atom.